The number of aliphatic hydroxyl groups is 1. The summed E-state index contributed by atoms with van der Waals surface area (Å²) < 4.78 is 40.6. The first-order valence-electron chi connectivity index (χ1n) is 10.6. The molecule has 0 saturated carbocycles. The lowest BCUT2D eigenvalue weighted by atomic mass is 9.90. The van der Waals surface area contributed by atoms with Crippen LogP contribution in [0.4, 0.5) is 8.78 Å². The van der Waals surface area contributed by atoms with Crippen LogP contribution in [-0.2, 0) is 12.1 Å². The van der Waals surface area contributed by atoms with Crippen LogP contribution >= 0.6 is 0 Å². The number of rotatable bonds is 7. The maximum Gasteiger partial charge on any atom is 0.283 e. The average Bonchev–Trinajstić information content (AvgIpc) is 3.56. The molecule has 0 radical (unpaired) electrons. The van der Waals surface area contributed by atoms with Gasteiger partial charge >= 0.3 is 0 Å². The highest BCUT2D eigenvalue weighted by Crippen LogP contribution is 2.33. The van der Waals surface area contributed by atoms with Crippen molar-refractivity contribution in [1.29, 1.82) is 0 Å². The molecular formula is C22H22F2N6O3. The van der Waals surface area contributed by atoms with Crippen LogP contribution in [-0.4, -0.2) is 54.6 Å². The zero-order chi connectivity index (χ0) is 22.8. The van der Waals surface area contributed by atoms with Gasteiger partial charge in [-0.2, -0.15) is 5.10 Å². The molecule has 9 nitrogen and oxygen atoms in total. The smallest absolute Gasteiger partial charge is 0.283 e. The molecule has 0 aliphatic carbocycles. The van der Waals surface area contributed by atoms with Crippen molar-refractivity contribution in [3.8, 4) is 11.7 Å². The normalized spacial score (nSPS) is 17.3. The molecule has 0 amide bonds. The largest absolute Gasteiger partial charge is 0.459 e. The Balaban J connectivity index is 1.29. The Labute approximate surface area is 187 Å². The van der Waals surface area contributed by atoms with Gasteiger partial charge in [0.25, 0.3) is 5.89 Å². The van der Waals surface area contributed by atoms with E-state index < -0.39 is 17.2 Å². The van der Waals surface area contributed by atoms with Crippen molar-refractivity contribution in [2.75, 3.05) is 19.6 Å². The molecule has 4 heterocycles. The van der Waals surface area contributed by atoms with Crippen molar-refractivity contribution in [2.24, 2.45) is 0 Å². The van der Waals surface area contributed by atoms with Crippen LogP contribution in [0.3, 0.4) is 0 Å². The van der Waals surface area contributed by atoms with E-state index in [1.165, 1.54) is 23.4 Å². The second-order valence-electron chi connectivity index (χ2n) is 8.22. The summed E-state index contributed by atoms with van der Waals surface area (Å²) in [5.41, 5.74) is -1.61. The lowest BCUT2D eigenvalue weighted by molar-refractivity contribution is -0.0270. The van der Waals surface area contributed by atoms with E-state index in [1.54, 1.807) is 18.4 Å². The number of piperidine rings is 1. The van der Waals surface area contributed by atoms with Gasteiger partial charge in [-0.05, 0) is 44.1 Å². The van der Waals surface area contributed by atoms with E-state index in [2.05, 4.69) is 20.3 Å². The maximum absolute atomic E-state index is 14.6. The summed E-state index contributed by atoms with van der Waals surface area (Å²) in [5.74, 6) is -0.0264. The second kappa shape index (κ2) is 8.83. The Morgan fingerprint density at radius 3 is 2.67 bits per heavy atom. The highest BCUT2D eigenvalue weighted by molar-refractivity contribution is 5.42. The quantitative estimate of drug-likeness (QED) is 0.453. The van der Waals surface area contributed by atoms with Crippen molar-refractivity contribution in [1.82, 2.24) is 29.9 Å². The summed E-state index contributed by atoms with van der Waals surface area (Å²) in [7, 11) is 0. The minimum Gasteiger partial charge on any atom is -0.459 e. The molecule has 1 fully saturated rings. The van der Waals surface area contributed by atoms with Gasteiger partial charge in [-0.15, -0.1) is 10.2 Å². The number of β-amino-alcohol motifs (C(OH)–C–C–N with tert-alkyl or cyclic N) is 1. The molecule has 33 heavy (non-hydrogen) atoms. The van der Waals surface area contributed by atoms with Crippen molar-refractivity contribution in [2.45, 2.75) is 30.9 Å². The third kappa shape index (κ3) is 4.55. The number of benzene rings is 1. The van der Waals surface area contributed by atoms with Crippen LogP contribution in [0, 0.1) is 11.6 Å². The minimum absolute atomic E-state index is 0.0153. The van der Waals surface area contributed by atoms with E-state index in [1.807, 2.05) is 4.90 Å². The molecule has 3 aromatic heterocycles. The molecule has 1 aromatic carbocycles. The molecule has 1 aliphatic rings. The standard InChI is InChI=1S/C22H22F2N6O3/c23-16-3-4-17(18(24)10-16)22(31,12-30-14-25-13-26-30)11-29-7-5-15(6-8-29)20-27-28-21(33-20)19-2-1-9-32-19/h1-4,9-10,13-15,31H,5-8,11-12H2. The average molecular weight is 456 g/mol. The van der Waals surface area contributed by atoms with E-state index in [9.17, 15) is 13.9 Å². The molecule has 1 aliphatic heterocycles. The topological polar surface area (TPSA) is 106 Å². The molecule has 1 unspecified atom stereocenters. The van der Waals surface area contributed by atoms with Crippen molar-refractivity contribution < 1.29 is 22.7 Å². The molecule has 172 valence electrons. The molecule has 1 saturated heterocycles. The van der Waals surface area contributed by atoms with Gasteiger partial charge in [0.05, 0.1) is 12.8 Å². The molecule has 11 heteroatoms. The zero-order valence-electron chi connectivity index (χ0n) is 17.6. The van der Waals surface area contributed by atoms with Gasteiger partial charge in [0.2, 0.25) is 5.89 Å². The molecule has 1 atom stereocenters. The van der Waals surface area contributed by atoms with E-state index >= 15 is 0 Å². The first kappa shape index (κ1) is 21.4. The Bertz CT molecular complexity index is 1190. The maximum atomic E-state index is 14.6. The summed E-state index contributed by atoms with van der Waals surface area (Å²) >= 11 is 0. The monoisotopic (exact) mass is 456 g/mol. The van der Waals surface area contributed by atoms with E-state index in [0.717, 1.165) is 25.0 Å². The lowest BCUT2D eigenvalue weighted by Crippen LogP contribution is -2.47. The molecule has 0 bridgehead atoms. The fraction of sp³-hybridized carbons (Fsp3) is 0.364. The van der Waals surface area contributed by atoms with Crippen LogP contribution in [0.25, 0.3) is 11.7 Å². The third-order valence-electron chi connectivity index (χ3n) is 5.92. The van der Waals surface area contributed by atoms with Crippen LogP contribution in [0.1, 0.15) is 30.2 Å². The second-order valence-corrected chi connectivity index (χ2v) is 8.22. The molecule has 0 spiro atoms. The Morgan fingerprint density at radius 2 is 1.97 bits per heavy atom. The number of halogens is 2. The molecule has 1 N–H and O–H groups in total. The van der Waals surface area contributed by atoms with Gasteiger partial charge in [0.15, 0.2) is 5.76 Å². The predicted molar refractivity (Wildman–Crippen MR) is 111 cm³/mol. The van der Waals surface area contributed by atoms with Crippen molar-refractivity contribution in [3.05, 3.63) is 72.3 Å². The summed E-state index contributed by atoms with van der Waals surface area (Å²) in [5, 5.41) is 23.8. The van der Waals surface area contributed by atoms with Crippen LogP contribution in [0.15, 0.2) is 58.1 Å². The zero-order valence-corrected chi connectivity index (χ0v) is 17.6. The highest BCUT2D eigenvalue weighted by atomic mass is 19.1. The van der Waals surface area contributed by atoms with Gasteiger partial charge in [-0.25, -0.2) is 18.4 Å². The van der Waals surface area contributed by atoms with Gasteiger partial charge in [-0.3, -0.25) is 0 Å². The fourth-order valence-corrected chi connectivity index (χ4v) is 4.28. The number of hydrogen-bond donors (Lipinski definition) is 1. The van der Waals surface area contributed by atoms with E-state index in [4.69, 9.17) is 8.83 Å². The number of furan rings is 1. The van der Waals surface area contributed by atoms with E-state index in [0.29, 0.717) is 30.6 Å². The summed E-state index contributed by atoms with van der Waals surface area (Å²) in [6.07, 6.45) is 5.79. The summed E-state index contributed by atoms with van der Waals surface area (Å²) in [6.45, 7) is 1.38. The number of nitrogens with zero attached hydrogens (tertiary/aromatic N) is 6. The third-order valence-corrected chi connectivity index (χ3v) is 5.92. The molecular weight excluding hydrogens is 434 g/mol. The Kier molecular flexibility index (Phi) is 5.73. The lowest BCUT2D eigenvalue weighted by Gasteiger charge is -2.37. The molecule has 5 rings (SSSR count). The number of hydrogen-bond acceptors (Lipinski definition) is 8. The van der Waals surface area contributed by atoms with Gasteiger partial charge in [-0.1, -0.05) is 6.07 Å². The molecule has 4 aromatic rings. The SMILES string of the molecule is OC(CN1CCC(c2nnc(-c3ccco3)o2)CC1)(Cn1cncn1)c1ccc(F)cc1F. The summed E-state index contributed by atoms with van der Waals surface area (Å²) in [4.78, 5) is 5.93. The first-order chi connectivity index (χ1) is 16.0. The fourth-order valence-electron chi connectivity index (χ4n) is 4.28. The van der Waals surface area contributed by atoms with E-state index in [-0.39, 0.29) is 24.6 Å². The Morgan fingerprint density at radius 1 is 1.12 bits per heavy atom. The number of likely N-dealkylation sites (tertiary alicyclic amines) is 1. The summed E-state index contributed by atoms with van der Waals surface area (Å²) in [6, 6.07) is 6.71. The predicted octanol–water partition coefficient (Wildman–Crippen LogP) is 2.97. The highest BCUT2D eigenvalue weighted by Gasteiger charge is 2.37. The van der Waals surface area contributed by atoms with Gasteiger partial charge < -0.3 is 18.8 Å². The van der Waals surface area contributed by atoms with Crippen LogP contribution in [0.2, 0.25) is 0 Å². The first-order valence-corrected chi connectivity index (χ1v) is 10.6. The van der Waals surface area contributed by atoms with Crippen LogP contribution in [0.5, 0.6) is 0 Å². The van der Waals surface area contributed by atoms with Gasteiger partial charge in [0.1, 0.15) is 29.9 Å². The van der Waals surface area contributed by atoms with Crippen molar-refractivity contribution in [3.63, 3.8) is 0 Å². The van der Waals surface area contributed by atoms with Crippen molar-refractivity contribution >= 4 is 0 Å². The van der Waals surface area contributed by atoms with Gasteiger partial charge in [0, 0.05) is 24.1 Å². The minimum atomic E-state index is -1.63. The Hall–Kier alpha value is -3.44. The van der Waals surface area contributed by atoms with Crippen LogP contribution < -0.4 is 0 Å². The number of aromatic nitrogens is 5.